The number of nitrogens with one attached hydrogen (secondary N) is 1. The minimum atomic E-state index is 0. The van der Waals surface area contributed by atoms with Crippen molar-refractivity contribution in [2.75, 3.05) is 13.1 Å². The number of halogens is 1. The van der Waals surface area contributed by atoms with E-state index in [0.717, 1.165) is 54.8 Å². The van der Waals surface area contributed by atoms with Gasteiger partial charge in [0.05, 0.1) is 11.2 Å². The lowest BCUT2D eigenvalue weighted by atomic mass is 9.98. The third kappa shape index (κ3) is 2.84. The highest BCUT2D eigenvalue weighted by Crippen LogP contribution is 2.26. The fourth-order valence-corrected chi connectivity index (χ4v) is 3.09. The van der Waals surface area contributed by atoms with Crippen LogP contribution in [-0.4, -0.2) is 33.0 Å². The maximum Gasteiger partial charge on any atom is 0.291 e. The highest BCUT2D eigenvalue weighted by atomic mass is 35.5. The summed E-state index contributed by atoms with van der Waals surface area (Å²) >= 11 is 0. The lowest BCUT2D eigenvalue weighted by molar-refractivity contribution is 0.319. The number of hydrogen-bond donors (Lipinski definition) is 1. The summed E-state index contributed by atoms with van der Waals surface area (Å²) in [5, 5.41) is 13.3. The molecule has 0 spiro atoms. The molecule has 0 saturated carbocycles. The molecule has 2 aromatic heterocycles. The Hall–Kier alpha value is -1.92. The van der Waals surface area contributed by atoms with E-state index in [9.17, 15) is 0 Å². The highest BCUT2D eigenvalue weighted by Gasteiger charge is 2.23. The Bertz CT molecular complexity index is 791. The van der Waals surface area contributed by atoms with Crippen LogP contribution in [0.5, 0.6) is 0 Å². The first kappa shape index (κ1) is 16.0. The number of para-hydroxylation sites is 1. The van der Waals surface area contributed by atoms with Gasteiger partial charge in [-0.2, -0.15) is 14.8 Å². The molecule has 1 aliphatic heterocycles. The minimum Gasteiger partial charge on any atom is -0.337 e. The van der Waals surface area contributed by atoms with Gasteiger partial charge in [0.15, 0.2) is 0 Å². The predicted molar refractivity (Wildman–Crippen MR) is 90.4 cm³/mol. The van der Waals surface area contributed by atoms with Gasteiger partial charge in [-0.15, -0.1) is 12.4 Å². The first-order valence-electron chi connectivity index (χ1n) is 7.88. The van der Waals surface area contributed by atoms with E-state index in [0.29, 0.717) is 11.9 Å². The molecule has 3 heterocycles. The Labute approximate surface area is 140 Å². The van der Waals surface area contributed by atoms with E-state index in [-0.39, 0.29) is 12.4 Å². The molecule has 1 saturated heterocycles. The van der Waals surface area contributed by atoms with Crippen LogP contribution in [0.3, 0.4) is 0 Å². The van der Waals surface area contributed by atoms with E-state index < -0.39 is 0 Å². The van der Waals surface area contributed by atoms with Gasteiger partial charge in [0, 0.05) is 11.3 Å². The maximum atomic E-state index is 5.50. The summed E-state index contributed by atoms with van der Waals surface area (Å²) < 4.78 is 7.29. The number of benzene rings is 1. The molecule has 7 heteroatoms. The summed E-state index contributed by atoms with van der Waals surface area (Å²) in [5.41, 5.74) is 2.08. The lowest BCUT2D eigenvalue weighted by Gasteiger charge is -2.18. The zero-order valence-electron chi connectivity index (χ0n) is 13.0. The fourth-order valence-electron chi connectivity index (χ4n) is 3.09. The standard InChI is InChI=1S/C16H19N5O.ClH/c1-2-13-12-5-3-4-6-14(12)21(19-13)16-18-15(22-20-16)11-7-9-17-10-8-11;/h3-6,11,17H,2,7-10H2,1H3;1H. The molecule has 0 atom stereocenters. The monoisotopic (exact) mass is 333 g/mol. The van der Waals surface area contributed by atoms with E-state index >= 15 is 0 Å². The Morgan fingerprint density at radius 3 is 2.83 bits per heavy atom. The van der Waals surface area contributed by atoms with Crippen LogP contribution in [0, 0.1) is 0 Å². The molecule has 0 unspecified atom stereocenters. The van der Waals surface area contributed by atoms with Gasteiger partial charge in [-0.3, -0.25) is 0 Å². The van der Waals surface area contributed by atoms with Crippen molar-refractivity contribution in [2.45, 2.75) is 32.1 Å². The van der Waals surface area contributed by atoms with E-state index in [4.69, 9.17) is 4.52 Å². The number of rotatable bonds is 3. The molecule has 1 aliphatic rings. The van der Waals surface area contributed by atoms with E-state index in [1.165, 1.54) is 0 Å². The maximum absolute atomic E-state index is 5.50. The normalized spacial score (nSPS) is 15.7. The van der Waals surface area contributed by atoms with Crippen molar-refractivity contribution in [2.24, 2.45) is 0 Å². The van der Waals surface area contributed by atoms with Crippen molar-refractivity contribution in [1.29, 1.82) is 0 Å². The van der Waals surface area contributed by atoms with Crippen LogP contribution in [0.15, 0.2) is 28.8 Å². The van der Waals surface area contributed by atoms with Crippen molar-refractivity contribution in [1.82, 2.24) is 25.2 Å². The second kappa shape index (κ2) is 6.68. The third-order valence-corrected chi connectivity index (χ3v) is 4.31. The van der Waals surface area contributed by atoms with Crippen molar-refractivity contribution < 1.29 is 4.52 Å². The fraction of sp³-hybridized carbons (Fsp3) is 0.438. The summed E-state index contributed by atoms with van der Waals surface area (Å²) in [4.78, 5) is 4.60. The van der Waals surface area contributed by atoms with Crippen LogP contribution in [0.2, 0.25) is 0 Å². The lowest BCUT2D eigenvalue weighted by Crippen LogP contribution is -2.26. The minimum absolute atomic E-state index is 0. The van der Waals surface area contributed by atoms with E-state index in [1.807, 2.05) is 18.2 Å². The summed E-state index contributed by atoms with van der Waals surface area (Å²) in [6.45, 7) is 4.12. The van der Waals surface area contributed by atoms with Crippen LogP contribution in [0.1, 0.15) is 37.3 Å². The van der Waals surface area contributed by atoms with Gasteiger partial charge in [-0.05, 0) is 43.6 Å². The predicted octanol–water partition coefficient (Wildman–Crippen LogP) is 2.86. The number of aromatic nitrogens is 4. The molecule has 0 radical (unpaired) electrons. The van der Waals surface area contributed by atoms with Crippen molar-refractivity contribution >= 4 is 23.3 Å². The molecule has 0 bridgehead atoms. The molecule has 1 fully saturated rings. The molecule has 23 heavy (non-hydrogen) atoms. The number of hydrogen-bond acceptors (Lipinski definition) is 5. The van der Waals surface area contributed by atoms with Crippen LogP contribution >= 0.6 is 12.4 Å². The third-order valence-electron chi connectivity index (χ3n) is 4.31. The Morgan fingerprint density at radius 1 is 1.26 bits per heavy atom. The molecule has 6 nitrogen and oxygen atoms in total. The average molecular weight is 334 g/mol. The molecule has 0 aliphatic carbocycles. The molecule has 122 valence electrons. The van der Waals surface area contributed by atoms with Crippen molar-refractivity contribution in [3.8, 4) is 5.95 Å². The zero-order valence-corrected chi connectivity index (χ0v) is 13.8. The summed E-state index contributed by atoms with van der Waals surface area (Å²) in [7, 11) is 0. The number of fused-ring (bicyclic) bond motifs is 1. The van der Waals surface area contributed by atoms with Crippen molar-refractivity contribution in [3.63, 3.8) is 0 Å². The average Bonchev–Trinajstić information content (AvgIpc) is 3.20. The van der Waals surface area contributed by atoms with Gasteiger partial charge in [0.25, 0.3) is 5.95 Å². The van der Waals surface area contributed by atoms with Crippen LogP contribution < -0.4 is 5.32 Å². The highest BCUT2D eigenvalue weighted by molar-refractivity contribution is 5.85. The molecule has 0 amide bonds. The van der Waals surface area contributed by atoms with Crippen LogP contribution in [-0.2, 0) is 6.42 Å². The van der Waals surface area contributed by atoms with Gasteiger partial charge in [-0.25, -0.2) is 0 Å². The van der Waals surface area contributed by atoms with Gasteiger partial charge in [0.2, 0.25) is 5.89 Å². The largest absolute Gasteiger partial charge is 0.337 e. The second-order valence-electron chi connectivity index (χ2n) is 5.69. The van der Waals surface area contributed by atoms with Gasteiger partial charge in [-0.1, -0.05) is 25.1 Å². The zero-order chi connectivity index (χ0) is 14.9. The summed E-state index contributed by atoms with van der Waals surface area (Å²) in [5.74, 6) is 1.62. The smallest absolute Gasteiger partial charge is 0.291 e. The molecule has 4 rings (SSSR count). The SMILES string of the molecule is CCc1nn(-c2noc(C3CCNCC3)n2)c2ccccc12.Cl. The van der Waals surface area contributed by atoms with E-state index in [1.54, 1.807) is 4.68 Å². The number of nitrogens with zero attached hydrogens (tertiary/aromatic N) is 4. The quantitative estimate of drug-likeness (QED) is 0.798. The molecular formula is C16H20ClN5O. The number of piperidine rings is 1. The van der Waals surface area contributed by atoms with Gasteiger partial charge >= 0.3 is 0 Å². The number of aryl methyl sites for hydroxylation is 1. The molecule has 1 aromatic carbocycles. The Kier molecular flexibility index (Phi) is 4.63. The first-order valence-corrected chi connectivity index (χ1v) is 7.88. The van der Waals surface area contributed by atoms with Gasteiger partial charge in [0.1, 0.15) is 0 Å². The summed E-state index contributed by atoms with van der Waals surface area (Å²) in [6, 6.07) is 8.17. The Balaban J connectivity index is 0.00000156. The second-order valence-corrected chi connectivity index (χ2v) is 5.69. The first-order chi connectivity index (χ1) is 10.9. The van der Waals surface area contributed by atoms with E-state index in [2.05, 4.69) is 33.5 Å². The van der Waals surface area contributed by atoms with Gasteiger partial charge < -0.3 is 9.84 Å². The summed E-state index contributed by atoms with van der Waals surface area (Å²) in [6.07, 6.45) is 2.97. The topological polar surface area (TPSA) is 68.8 Å². The van der Waals surface area contributed by atoms with Crippen molar-refractivity contribution in [3.05, 3.63) is 35.9 Å². The Morgan fingerprint density at radius 2 is 2.04 bits per heavy atom. The molecule has 3 aromatic rings. The van der Waals surface area contributed by atoms with Crippen LogP contribution in [0.25, 0.3) is 16.9 Å². The van der Waals surface area contributed by atoms with Crippen LogP contribution in [0.4, 0.5) is 0 Å². The molecule has 1 N–H and O–H groups in total. The molecular weight excluding hydrogens is 314 g/mol.